The number of ether oxygens (including phenoxy) is 1. The van der Waals surface area contributed by atoms with Gasteiger partial charge in [0.15, 0.2) is 0 Å². The number of hydrogen-bond acceptors (Lipinski definition) is 2. The minimum atomic E-state index is 0.0744. The maximum atomic E-state index is 11.5. The Hall–Kier alpha value is -0.530. The number of carbonyl (C=O) groups is 1. The second kappa shape index (κ2) is 3.69. The van der Waals surface area contributed by atoms with Gasteiger partial charge in [-0.05, 0) is 38.0 Å². The lowest BCUT2D eigenvalue weighted by atomic mass is 9.86. The molecule has 2 rings (SSSR count). The van der Waals surface area contributed by atoms with E-state index in [1.54, 1.807) is 0 Å². The van der Waals surface area contributed by atoms with Crippen molar-refractivity contribution in [1.29, 1.82) is 0 Å². The van der Waals surface area contributed by atoms with Gasteiger partial charge in [-0.3, -0.25) is 4.79 Å². The van der Waals surface area contributed by atoms with Crippen LogP contribution in [-0.2, 0) is 9.53 Å². The van der Waals surface area contributed by atoms with E-state index in [1.165, 1.54) is 12.8 Å². The average molecular weight is 182 g/mol. The Balaban J connectivity index is 1.74. The van der Waals surface area contributed by atoms with E-state index in [2.05, 4.69) is 6.92 Å². The fourth-order valence-electron chi connectivity index (χ4n) is 2.17. The van der Waals surface area contributed by atoms with Crippen molar-refractivity contribution < 1.29 is 9.53 Å². The average Bonchev–Trinajstić information content (AvgIpc) is 2.31. The summed E-state index contributed by atoms with van der Waals surface area (Å²) in [4.78, 5) is 11.5. The van der Waals surface area contributed by atoms with E-state index in [0.29, 0.717) is 0 Å². The Morgan fingerprint density at radius 3 is 2.46 bits per heavy atom. The molecule has 74 valence electrons. The molecular formula is C11H18O2. The predicted octanol–water partition coefficient (Wildman–Crippen LogP) is 2.52. The highest BCUT2D eigenvalue weighted by Gasteiger charge is 2.31. The zero-order chi connectivity index (χ0) is 9.26. The Kier molecular flexibility index (Phi) is 2.56. The fraction of sp³-hybridized carbons (Fsp3) is 0.909. The minimum Gasteiger partial charge on any atom is -0.462 e. The molecule has 2 aliphatic rings. The van der Waals surface area contributed by atoms with E-state index in [9.17, 15) is 4.79 Å². The molecule has 0 aromatic carbocycles. The second-order valence-electron chi connectivity index (χ2n) is 4.60. The van der Waals surface area contributed by atoms with Crippen molar-refractivity contribution in [2.45, 2.75) is 51.6 Å². The van der Waals surface area contributed by atoms with Crippen LogP contribution >= 0.6 is 0 Å². The van der Waals surface area contributed by atoms with E-state index < -0.39 is 0 Å². The molecule has 0 heterocycles. The van der Waals surface area contributed by atoms with Crippen LogP contribution in [0, 0.1) is 11.8 Å². The molecule has 0 aromatic heterocycles. The van der Waals surface area contributed by atoms with Crippen LogP contribution in [0.3, 0.4) is 0 Å². The van der Waals surface area contributed by atoms with E-state index in [-0.39, 0.29) is 18.0 Å². The molecule has 2 nitrogen and oxygen atoms in total. The van der Waals surface area contributed by atoms with Crippen molar-refractivity contribution in [2.75, 3.05) is 0 Å². The van der Waals surface area contributed by atoms with E-state index in [0.717, 1.165) is 31.6 Å². The van der Waals surface area contributed by atoms with Gasteiger partial charge in [0.25, 0.3) is 0 Å². The van der Waals surface area contributed by atoms with Crippen molar-refractivity contribution in [3.8, 4) is 0 Å². The molecule has 2 atom stereocenters. The van der Waals surface area contributed by atoms with Crippen molar-refractivity contribution in [3.05, 3.63) is 0 Å². The summed E-state index contributed by atoms with van der Waals surface area (Å²) in [6.45, 7) is 2.23. The van der Waals surface area contributed by atoms with Crippen LogP contribution in [0.5, 0.6) is 0 Å². The Morgan fingerprint density at radius 1 is 1.23 bits per heavy atom. The zero-order valence-corrected chi connectivity index (χ0v) is 8.29. The lowest BCUT2D eigenvalue weighted by molar-refractivity contribution is -0.156. The Bertz CT molecular complexity index is 196. The molecule has 0 spiro atoms. The maximum Gasteiger partial charge on any atom is 0.309 e. The molecule has 0 radical (unpaired) electrons. The van der Waals surface area contributed by atoms with Crippen LogP contribution in [-0.4, -0.2) is 12.1 Å². The van der Waals surface area contributed by atoms with Gasteiger partial charge in [-0.25, -0.2) is 0 Å². The molecule has 2 unspecified atom stereocenters. The van der Waals surface area contributed by atoms with Gasteiger partial charge in [0.2, 0.25) is 0 Å². The van der Waals surface area contributed by atoms with Gasteiger partial charge in [-0.1, -0.05) is 13.3 Å². The van der Waals surface area contributed by atoms with Gasteiger partial charge >= 0.3 is 5.97 Å². The van der Waals surface area contributed by atoms with Crippen LogP contribution in [0.15, 0.2) is 0 Å². The molecule has 2 heteroatoms. The van der Waals surface area contributed by atoms with Crippen LogP contribution in [0.2, 0.25) is 0 Å². The predicted molar refractivity (Wildman–Crippen MR) is 50.2 cm³/mol. The standard InChI is InChI=1S/C11H18O2/c1-8-5-6-10(7-8)13-11(12)9-3-2-4-9/h8-10H,2-7H2,1H3. The SMILES string of the molecule is CC1CCC(OC(=O)C2CCC2)C1. The molecule has 0 N–H and O–H groups in total. The summed E-state index contributed by atoms with van der Waals surface area (Å²) < 4.78 is 5.45. The summed E-state index contributed by atoms with van der Waals surface area (Å²) in [5, 5.41) is 0. The quantitative estimate of drug-likeness (QED) is 0.613. The zero-order valence-electron chi connectivity index (χ0n) is 8.29. The van der Waals surface area contributed by atoms with E-state index >= 15 is 0 Å². The van der Waals surface area contributed by atoms with Gasteiger partial charge < -0.3 is 4.74 Å². The van der Waals surface area contributed by atoms with Crippen LogP contribution < -0.4 is 0 Å². The third kappa shape index (κ3) is 2.04. The molecule has 0 bridgehead atoms. The largest absolute Gasteiger partial charge is 0.462 e. The van der Waals surface area contributed by atoms with Gasteiger partial charge in [0.05, 0.1) is 5.92 Å². The number of hydrogen-bond donors (Lipinski definition) is 0. The summed E-state index contributed by atoms with van der Waals surface area (Å²) in [7, 11) is 0. The van der Waals surface area contributed by atoms with Crippen molar-refractivity contribution >= 4 is 5.97 Å². The molecule has 13 heavy (non-hydrogen) atoms. The van der Waals surface area contributed by atoms with Gasteiger partial charge in [0, 0.05) is 0 Å². The molecule has 0 aliphatic heterocycles. The number of esters is 1. The van der Waals surface area contributed by atoms with Crippen molar-refractivity contribution in [2.24, 2.45) is 11.8 Å². The molecule has 2 saturated carbocycles. The lowest BCUT2D eigenvalue weighted by Crippen LogP contribution is -2.27. The summed E-state index contributed by atoms with van der Waals surface area (Å²) >= 11 is 0. The first-order chi connectivity index (χ1) is 6.25. The summed E-state index contributed by atoms with van der Waals surface area (Å²) in [5.41, 5.74) is 0. The van der Waals surface area contributed by atoms with Crippen LogP contribution in [0.4, 0.5) is 0 Å². The summed E-state index contributed by atoms with van der Waals surface area (Å²) in [6.07, 6.45) is 6.95. The second-order valence-corrected chi connectivity index (χ2v) is 4.60. The minimum absolute atomic E-state index is 0.0744. The smallest absolute Gasteiger partial charge is 0.309 e. The molecule has 0 aromatic rings. The highest BCUT2D eigenvalue weighted by atomic mass is 16.5. The highest BCUT2D eigenvalue weighted by molar-refractivity contribution is 5.73. The first-order valence-electron chi connectivity index (χ1n) is 5.46. The molecule has 2 fully saturated rings. The fourth-order valence-corrected chi connectivity index (χ4v) is 2.17. The molecule has 0 saturated heterocycles. The molecule has 2 aliphatic carbocycles. The topological polar surface area (TPSA) is 26.3 Å². The maximum absolute atomic E-state index is 11.5. The van der Waals surface area contributed by atoms with Crippen LogP contribution in [0.1, 0.15) is 45.4 Å². The first-order valence-corrected chi connectivity index (χ1v) is 5.46. The third-order valence-electron chi connectivity index (χ3n) is 3.37. The van der Waals surface area contributed by atoms with Gasteiger partial charge in [0.1, 0.15) is 6.10 Å². The van der Waals surface area contributed by atoms with E-state index in [1.807, 2.05) is 0 Å². The lowest BCUT2D eigenvalue weighted by Gasteiger charge is -2.25. The highest BCUT2D eigenvalue weighted by Crippen LogP contribution is 2.31. The van der Waals surface area contributed by atoms with Gasteiger partial charge in [-0.15, -0.1) is 0 Å². The Morgan fingerprint density at radius 2 is 2.00 bits per heavy atom. The number of rotatable bonds is 2. The van der Waals surface area contributed by atoms with Crippen LogP contribution in [0.25, 0.3) is 0 Å². The van der Waals surface area contributed by atoms with Crippen molar-refractivity contribution in [3.63, 3.8) is 0 Å². The first kappa shape index (κ1) is 9.04. The van der Waals surface area contributed by atoms with Crippen molar-refractivity contribution in [1.82, 2.24) is 0 Å². The molecular weight excluding hydrogens is 164 g/mol. The Labute approximate surface area is 79.7 Å². The normalized spacial score (nSPS) is 34.2. The number of carbonyl (C=O) groups excluding carboxylic acids is 1. The van der Waals surface area contributed by atoms with E-state index in [4.69, 9.17) is 4.74 Å². The molecule has 0 amide bonds. The summed E-state index contributed by atoms with van der Waals surface area (Å²) in [5.74, 6) is 1.07. The van der Waals surface area contributed by atoms with Gasteiger partial charge in [-0.2, -0.15) is 0 Å². The monoisotopic (exact) mass is 182 g/mol. The summed E-state index contributed by atoms with van der Waals surface area (Å²) in [6, 6.07) is 0. The third-order valence-corrected chi connectivity index (χ3v) is 3.37.